The number of benzene rings is 2. The van der Waals surface area contributed by atoms with Gasteiger partial charge in [0.1, 0.15) is 5.75 Å². The normalized spacial score (nSPS) is 11.2. The maximum atomic E-state index is 13.5. The maximum Gasteiger partial charge on any atom is 0.254 e. The lowest BCUT2D eigenvalue weighted by Gasteiger charge is -2.29. The van der Waals surface area contributed by atoms with Crippen LogP contribution in [0, 0.1) is 12.3 Å². The van der Waals surface area contributed by atoms with Crippen molar-refractivity contribution < 1.29 is 9.53 Å². The lowest BCUT2D eigenvalue weighted by Crippen LogP contribution is -2.31. The molecule has 3 rings (SSSR count). The molecular formula is C28H35ClN4O2. The molecule has 6 nitrogen and oxygen atoms in total. The first-order valence-electron chi connectivity index (χ1n) is 11.9. The number of nitrogen functional groups attached to an aromatic ring is 1. The van der Waals surface area contributed by atoms with Gasteiger partial charge in [-0.05, 0) is 56.2 Å². The lowest BCUT2D eigenvalue weighted by atomic mass is 9.98. The molecule has 0 aliphatic carbocycles. The van der Waals surface area contributed by atoms with Crippen LogP contribution in [-0.2, 0) is 0 Å². The van der Waals surface area contributed by atoms with E-state index in [4.69, 9.17) is 27.5 Å². The maximum absolute atomic E-state index is 13.5. The third kappa shape index (κ3) is 6.20. The molecule has 186 valence electrons. The first kappa shape index (κ1) is 27.9. The smallest absolute Gasteiger partial charge is 0.254 e. The largest absolute Gasteiger partial charge is 0.493 e. The van der Waals surface area contributed by atoms with Crippen LogP contribution < -0.4 is 10.5 Å². The van der Waals surface area contributed by atoms with Gasteiger partial charge in [-0.25, -0.2) is 0 Å². The summed E-state index contributed by atoms with van der Waals surface area (Å²) in [6.45, 7) is 10.2. The van der Waals surface area contributed by atoms with Gasteiger partial charge in [0.05, 0.1) is 12.6 Å². The summed E-state index contributed by atoms with van der Waals surface area (Å²) in [6, 6.07) is 12.7. The number of aromatic nitrogens is 1. The van der Waals surface area contributed by atoms with Gasteiger partial charge in [0, 0.05) is 58.1 Å². The molecule has 0 saturated carbocycles. The molecule has 0 aliphatic heterocycles. The van der Waals surface area contributed by atoms with Crippen LogP contribution in [0.3, 0.4) is 0 Å². The van der Waals surface area contributed by atoms with E-state index in [1.165, 1.54) is 6.21 Å². The van der Waals surface area contributed by atoms with Crippen LogP contribution in [-0.4, -0.2) is 35.7 Å². The van der Waals surface area contributed by atoms with E-state index in [1.807, 2.05) is 65.0 Å². The van der Waals surface area contributed by atoms with E-state index in [2.05, 4.69) is 4.98 Å². The number of hydrogen-bond acceptors (Lipinski definition) is 5. The van der Waals surface area contributed by atoms with Crippen molar-refractivity contribution in [3.05, 3.63) is 76.1 Å². The van der Waals surface area contributed by atoms with Gasteiger partial charge in [-0.2, -0.15) is 0 Å². The number of nitrogens with two attached hydrogens (primary N) is 1. The molecule has 0 aliphatic rings. The summed E-state index contributed by atoms with van der Waals surface area (Å²) in [5, 5.41) is 8.30. The number of carbonyl (C=O) groups excluding carboxylic acids is 1. The molecule has 1 heterocycles. The molecule has 35 heavy (non-hydrogen) atoms. The molecule has 0 saturated heterocycles. The van der Waals surface area contributed by atoms with Crippen molar-refractivity contribution >= 4 is 29.4 Å². The first-order valence-corrected chi connectivity index (χ1v) is 12.2. The number of carbonyl (C=O) groups is 1. The molecule has 1 amide bonds. The Balaban J connectivity index is 0.00000210. The summed E-state index contributed by atoms with van der Waals surface area (Å²) in [5.41, 5.74) is 11.1. The number of hydrogen-bond donors (Lipinski definition) is 2. The Morgan fingerprint density at radius 2 is 1.94 bits per heavy atom. The third-order valence-corrected chi connectivity index (χ3v) is 5.97. The second-order valence-electron chi connectivity index (χ2n) is 7.77. The standard InChI is InChI=1S/C26H29ClN4O2.C2H6/c1-5-23(22-15-30-16(3)21(14-28)25(22)29)31(4)26(32)18-10-11-20(24(13-18)33-6-2)17-8-7-9-19(27)12-17;1-2/h7-15,23,28H,5-6H2,1-4H3,(H2,29,30);1-2H3. The number of halogens is 1. The third-order valence-electron chi connectivity index (χ3n) is 5.73. The van der Waals surface area contributed by atoms with Crippen LogP contribution in [0.1, 0.15) is 67.3 Å². The summed E-state index contributed by atoms with van der Waals surface area (Å²) in [5.74, 6) is 0.464. The lowest BCUT2D eigenvalue weighted by molar-refractivity contribution is 0.0726. The molecule has 1 aromatic heterocycles. The second kappa shape index (κ2) is 12.9. The van der Waals surface area contributed by atoms with Crippen LogP contribution in [0.2, 0.25) is 5.02 Å². The van der Waals surface area contributed by atoms with E-state index in [1.54, 1.807) is 30.3 Å². The predicted molar refractivity (Wildman–Crippen MR) is 146 cm³/mol. The number of nitrogens with one attached hydrogen (secondary N) is 1. The van der Waals surface area contributed by atoms with Crippen molar-refractivity contribution in [1.82, 2.24) is 9.88 Å². The molecule has 0 radical (unpaired) electrons. The van der Waals surface area contributed by atoms with Gasteiger partial charge in [-0.3, -0.25) is 9.78 Å². The minimum absolute atomic E-state index is 0.156. The number of amides is 1. The van der Waals surface area contributed by atoms with Crippen molar-refractivity contribution in [2.45, 2.75) is 47.1 Å². The molecule has 1 unspecified atom stereocenters. The Bertz CT molecular complexity index is 1180. The van der Waals surface area contributed by atoms with Gasteiger partial charge < -0.3 is 20.8 Å². The van der Waals surface area contributed by atoms with Crippen molar-refractivity contribution in [2.75, 3.05) is 19.4 Å². The average molecular weight is 495 g/mol. The Hall–Kier alpha value is -3.38. The van der Waals surface area contributed by atoms with Gasteiger partial charge in [-0.15, -0.1) is 0 Å². The zero-order valence-corrected chi connectivity index (χ0v) is 22.1. The molecule has 1 atom stereocenters. The van der Waals surface area contributed by atoms with E-state index in [0.717, 1.165) is 16.7 Å². The molecule has 3 N–H and O–H groups in total. The highest BCUT2D eigenvalue weighted by Gasteiger charge is 2.25. The Morgan fingerprint density at radius 3 is 2.54 bits per heavy atom. The van der Waals surface area contributed by atoms with Gasteiger partial charge in [0.25, 0.3) is 5.91 Å². The van der Waals surface area contributed by atoms with Crippen LogP contribution in [0.4, 0.5) is 5.69 Å². The van der Waals surface area contributed by atoms with Crippen molar-refractivity contribution in [3.63, 3.8) is 0 Å². The number of anilines is 1. The Kier molecular flexibility index (Phi) is 10.3. The minimum Gasteiger partial charge on any atom is -0.493 e. The second-order valence-corrected chi connectivity index (χ2v) is 8.20. The molecule has 3 aromatic rings. The SMILES string of the molecule is CC.CCOc1cc(C(=O)N(C)C(CC)c2cnc(C)c(C=N)c2N)ccc1-c1cccc(Cl)c1. The highest BCUT2D eigenvalue weighted by Crippen LogP contribution is 2.35. The van der Waals surface area contributed by atoms with Gasteiger partial charge in [0.15, 0.2) is 0 Å². The first-order chi connectivity index (χ1) is 16.8. The van der Waals surface area contributed by atoms with Crippen LogP contribution >= 0.6 is 11.6 Å². The van der Waals surface area contributed by atoms with Gasteiger partial charge in [-0.1, -0.05) is 44.5 Å². The van der Waals surface area contributed by atoms with Crippen molar-refractivity contribution in [2.24, 2.45) is 0 Å². The van der Waals surface area contributed by atoms with Gasteiger partial charge >= 0.3 is 0 Å². The Morgan fingerprint density at radius 1 is 1.23 bits per heavy atom. The monoisotopic (exact) mass is 494 g/mol. The summed E-state index contributed by atoms with van der Waals surface area (Å²) < 4.78 is 5.87. The molecule has 2 aromatic carbocycles. The van der Waals surface area contributed by atoms with E-state index in [-0.39, 0.29) is 11.9 Å². The number of rotatable bonds is 8. The van der Waals surface area contributed by atoms with E-state index >= 15 is 0 Å². The molecule has 0 fully saturated rings. The fourth-order valence-corrected chi connectivity index (χ4v) is 4.17. The van der Waals surface area contributed by atoms with Crippen LogP contribution in [0.15, 0.2) is 48.7 Å². The fourth-order valence-electron chi connectivity index (χ4n) is 3.98. The van der Waals surface area contributed by atoms with Gasteiger partial charge in [0.2, 0.25) is 0 Å². The summed E-state index contributed by atoms with van der Waals surface area (Å²) >= 11 is 6.17. The summed E-state index contributed by atoms with van der Waals surface area (Å²) in [7, 11) is 1.76. The van der Waals surface area contributed by atoms with E-state index in [0.29, 0.717) is 46.3 Å². The number of nitrogens with zero attached hydrogens (tertiary/aromatic N) is 2. The quantitative estimate of drug-likeness (QED) is 0.332. The van der Waals surface area contributed by atoms with E-state index in [9.17, 15) is 4.79 Å². The predicted octanol–water partition coefficient (Wildman–Crippen LogP) is 6.94. The zero-order chi connectivity index (χ0) is 26.1. The molecular weight excluding hydrogens is 460 g/mol. The van der Waals surface area contributed by atoms with Crippen LogP contribution in [0.5, 0.6) is 5.75 Å². The fraction of sp³-hybridized carbons (Fsp3) is 0.321. The summed E-state index contributed by atoms with van der Waals surface area (Å²) in [6.07, 6.45) is 3.55. The average Bonchev–Trinajstić information content (AvgIpc) is 2.87. The molecule has 0 bridgehead atoms. The highest BCUT2D eigenvalue weighted by molar-refractivity contribution is 6.30. The number of ether oxygens (including phenoxy) is 1. The van der Waals surface area contributed by atoms with Crippen molar-refractivity contribution in [1.29, 1.82) is 5.41 Å². The topological polar surface area (TPSA) is 92.3 Å². The Labute approximate surface area is 213 Å². The minimum atomic E-state index is -0.285. The van der Waals surface area contributed by atoms with E-state index < -0.39 is 0 Å². The highest BCUT2D eigenvalue weighted by atomic mass is 35.5. The van der Waals surface area contributed by atoms with Crippen molar-refractivity contribution in [3.8, 4) is 16.9 Å². The zero-order valence-electron chi connectivity index (χ0n) is 21.4. The number of pyridine rings is 1. The number of aryl methyl sites for hydroxylation is 1. The molecule has 0 spiro atoms. The summed E-state index contributed by atoms with van der Waals surface area (Å²) in [4.78, 5) is 19.5. The van der Waals surface area contributed by atoms with Crippen LogP contribution in [0.25, 0.3) is 11.1 Å². The molecule has 7 heteroatoms.